The Balaban J connectivity index is 2.08. The topological polar surface area (TPSA) is 38.5 Å². The van der Waals surface area contributed by atoms with Gasteiger partial charge < -0.3 is 15.4 Å². The zero-order valence-corrected chi connectivity index (χ0v) is 13.0. The highest BCUT2D eigenvalue weighted by molar-refractivity contribution is 5.76. The van der Waals surface area contributed by atoms with E-state index in [1.54, 1.807) is 35.2 Å². The molecular formula is C18H18F3N2O. The van der Waals surface area contributed by atoms with Gasteiger partial charge in [0.25, 0.3) is 0 Å². The third kappa shape index (κ3) is 3.42. The van der Waals surface area contributed by atoms with Gasteiger partial charge in [-0.2, -0.15) is 13.2 Å². The zero-order chi connectivity index (χ0) is 17.2. The van der Waals surface area contributed by atoms with E-state index in [4.69, 9.17) is 10.5 Å². The smallest absolute Gasteiger partial charge is 0.422 e. The molecule has 24 heavy (non-hydrogen) atoms. The van der Waals surface area contributed by atoms with E-state index in [9.17, 15) is 13.2 Å². The molecule has 2 aromatic rings. The molecule has 2 N–H and O–H groups in total. The van der Waals surface area contributed by atoms with Crippen molar-refractivity contribution in [1.29, 1.82) is 0 Å². The first-order valence-electron chi connectivity index (χ1n) is 7.76. The molecule has 0 atom stereocenters. The van der Waals surface area contributed by atoms with Gasteiger partial charge in [0.15, 0.2) is 0 Å². The second-order valence-corrected chi connectivity index (χ2v) is 5.67. The Morgan fingerprint density at radius 1 is 1.04 bits per heavy atom. The Morgan fingerprint density at radius 3 is 2.42 bits per heavy atom. The number of hydrogen-bond donors (Lipinski definition) is 1. The van der Waals surface area contributed by atoms with Gasteiger partial charge in [0.1, 0.15) is 17.1 Å². The maximum atomic E-state index is 13.8. The van der Waals surface area contributed by atoms with E-state index >= 15 is 0 Å². The summed E-state index contributed by atoms with van der Waals surface area (Å²) in [6.45, 7) is 0.987. The maximum absolute atomic E-state index is 13.8. The summed E-state index contributed by atoms with van der Waals surface area (Å²) < 4.78 is 46.8. The number of nitrogens with two attached hydrogens (primary N) is 1. The van der Waals surface area contributed by atoms with E-state index in [-0.39, 0.29) is 17.1 Å². The molecule has 1 fully saturated rings. The van der Waals surface area contributed by atoms with Crippen molar-refractivity contribution in [3.8, 4) is 11.5 Å². The number of benzene rings is 2. The molecule has 6 heteroatoms. The molecule has 3 nitrogen and oxygen atoms in total. The Morgan fingerprint density at radius 2 is 1.79 bits per heavy atom. The quantitative estimate of drug-likeness (QED) is 0.812. The monoisotopic (exact) mass is 335 g/mol. The summed E-state index contributed by atoms with van der Waals surface area (Å²) >= 11 is 0. The van der Waals surface area contributed by atoms with Crippen molar-refractivity contribution in [3.05, 3.63) is 54.4 Å². The molecule has 1 saturated heterocycles. The number of alkyl halides is 3. The molecule has 1 aliphatic heterocycles. The number of nitrogen functional groups attached to an aromatic ring is 1. The van der Waals surface area contributed by atoms with Gasteiger partial charge in [-0.05, 0) is 43.5 Å². The highest BCUT2D eigenvalue weighted by Crippen LogP contribution is 2.47. The van der Waals surface area contributed by atoms with E-state index in [1.807, 2.05) is 6.42 Å². The number of rotatable bonds is 3. The molecule has 0 aromatic heterocycles. The second kappa shape index (κ2) is 6.63. The number of para-hydroxylation sites is 1. The van der Waals surface area contributed by atoms with Crippen LogP contribution in [0.3, 0.4) is 0 Å². The second-order valence-electron chi connectivity index (χ2n) is 5.67. The summed E-state index contributed by atoms with van der Waals surface area (Å²) in [4.78, 5) is 1.67. The summed E-state index contributed by atoms with van der Waals surface area (Å²) in [6.07, 6.45) is -0.890. The van der Waals surface area contributed by atoms with Gasteiger partial charge in [-0.3, -0.25) is 0 Å². The van der Waals surface area contributed by atoms with E-state index in [0.717, 1.165) is 12.8 Å². The number of nitrogens with zero attached hydrogens (tertiary/aromatic N) is 1. The summed E-state index contributed by atoms with van der Waals surface area (Å²) in [5, 5.41) is 0. The summed E-state index contributed by atoms with van der Waals surface area (Å²) in [6, 6.07) is 11.2. The first kappa shape index (κ1) is 16.5. The van der Waals surface area contributed by atoms with Crippen LogP contribution in [0.5, 0.6) is 11.5 Å². The van der Waals surface area contributed by atoms with Gasteiger partial charge >= 0.3 is 6.18 Å². The predicted molar refractivity (Wildman–Crippen MR) is 88.1 cm³/mol. The van der Waals surface area contributed by atoms with E-state index in [0.29, 0.717) is 18.8 Å². The molecule has 1 radical (unpaired) electrons. The van der Waals surface area contributed by atoms with Crippen molar-refractivity contribution >= 4 is 11.4 Å². The molecule has 1 heterocycles. The van der Waals surface area contributed by atoms with Crippen molar-refractivity contribution in [1.82, 2.24) is 0 Å². The van der Waals surface area contributed by atoms with Gasteiger partial charge in [-0.1, -0.05) is 18.2 Å². The molecule has 1 aliphatic rings. The largest absolute Gasteiger partial charge is 0.457 e. The fourth-order valence-electron chi connectivity index (χ4n) is 2.87. The molecular weight excluding hydrogens is 317 g/mol. The molecule has 0 saturated carbocycles. The Kier molecular flexibility index (Phi) is 4.55. The molecule has 0 aliphatic carbocycles. The Bertz CT molecular complexity index is 695. The van der Waals surface area contributed by atoms with Gasteiger partial charge in [-0.15, -0.1) is 0 Å². The fraction of sp³-hybridized carbons (Fsp3) is 0.278. The van der Waals surface area contributed by atoms with Crippen LogP contribution in [0.15, 0.2) is 42.5 Å². The SMILES string of the molecule is Nc1ccc(Oc2ccccc2)c(C(F)(F)F)c1N1C[CH]CCC1. The van der Waals surface area contributed by atoms with Crippen molar-refractivity contribution in [2.24, 2.45) is 0 Å². The van der Waals surface area contributed by atoms with Crippen LogP contribution in [0.1, 0.15) is 18.4 Å². The van der Waals surface area contributed by atoms with Gasteiger partial charge in [0.2, 0.25) is 0 Å². The van der Waals surface area contributed by atoms with Crippen LogP contribution in [0.4, 0.5) is 24.5 Å². The fourth-order valence-corrected chi connectivity index (χ4v) is 2.87. The molecule has 3 rings (SSSR count). The number of anilines is 2. The van der Waals surface area contributed by atoms with Gasteiger partial charge in [0.05, 0.1) is 11.4 Å². The third-order valence-corrected chi connectivity index (χ3v) is 3.93. The minimum Gasteiger partial charge on any atom is -0.457 e. The summed E-state index contributed by atoms with van der Waals surface area (Å²) in [5.41, 5.74) is 5.20. The number of ether oxygens (including phenoxy) is 1. The summed E-state index contributed by atoms with van der Waals surface area (Å²) in [7, 11) is 0. The van der Waals surface area contributed by atoms with E-state index < -0.39 is 11.7 Å². The Labute approximate surface area is 138 Å². The third-order valence-electron chi connectivity index (χ3n) is 3.93. The molecule has 0 bridgehead atoms. The number of hydrogen-bond acceptors (Lipinski definition) is 3. The minimum absolute atomic E-state index is 0.00637. The van der Waals surface area contributed by atoms with Gasteiger partial charge in [-0.25, -0.2) is 0 Å². The Hall–Kier alpha value is -2.37. The van der Waals surface area contributed by atoms with Crippen LogP contribution in [0, 0.1) is 6.42 Å². The lowest BCUT2D eigenvalue weighted by Gasteiger charge is -2.32. The standard InChI is InChI=1S/C18H18F3N2O/c19-18(20,21)16-15(24-13-7-3-1-4-8-13)10-9-14(22)17(16)23-11-5-2-6-12-23/h1,3-5,7-10H,2,6,11-12,22H2. The van der Waals surface area contributed by atoms with Crippen molar-refractivity contribution in [2.75, 3.05) is 23.7 Å². The number of piperidine rings is 1. The average Bonchev–Trinajstić information content (AvgIpc) is 2.57. The van der Waals surface area contributed by atoms with E-state index in [1.165, 1.54) is 12.1 Å². The highest BCUT2D eigenvalue weighted by atomic mass is 19.4. The molecule has 127 valence electrons. The molecule has 0 amide bonds. The zero-order valence-electron chi connectivity index (χ0n) is 13.0. The molecule has 0 unspecified atom stereocenters. The van der Waals surface area contributed by atoms with Crippen LogP contribution in [0.2, 0.25) is 0 Å². The van der Waals surface area contributed by atoms with Crippen LogP contribution in [-0.2, 0) is 6.18 Å². The molecule has 2 aromatic carbocycles. The first-order valence-corrected chi connectivity index (χ1v) is 7.76. The minimum atomic E-state index is -4.56. The van der Waals surface area contributed by atoms with Crippen molar-refractivity contribution in [3.63, 3.8) is 0 Å². The van der Waals surface area contributed by atoms with E-state index in [2.05, 4.69) is 0 Å². The lowest BCUT2D eigenvalue weighted by Crippen LogP contribution is -2.32. The molecule has 0 spiro atoms. The average molecular weight is 335 g/mol. The van der Waals surface area contributed by atoms with Crippen molar-refractivity contribution < 1.29 is 17.9 Å². The summed E-state index contributed by atoms with van der Waals surface area (Å²) in [5.74, 6) is 0.118. The van der Waals surface area contributed by atoms with Crippen LogP contribution in [0.25, 0.3) is 0 Å². The van der Waals surface area contributed by atoms with Crippen molar-refractivity contribution in [2.45, 2.75) is 19.0 Å². The normalized spacial score (nSPS) is 15.4. The number of halogens is 3. The van der Waals surface area contributed by atoms with Crippen LogP contribution >= 0.6 is 0 Å². The predicted octanol–water partition coefficient (Wildman–Crippen LogP) is 4.88. The van der Waals surface area contributed by atoms with Gasteiger partial charge in [0, 0.05) is 13.1 Å². The lowest BCUT2D eigenvalue weighted by molar-refractivity contribution is -0.138. The van der Waals surface area contributed by atoms with Crippen LogP contribution in [-0.4, -0.2) is 13.1 Å². The highest BCUT2D eigenvalue weighted by Gasteiger charge is 2.40. The lowest BCUT2D eigenvalue weighted by atomic mass is 10.0. The van der Waals surface area contributed by atoms with Crippen LogP contribution < -0.4 is 15.4 Å². The maximum Gasteiger partial charge on any atom is 0.422 e. The first-order chi connectivity index (χ1) is 11.5.